The smallest absolute Gasteiger partial charge is 0.277 e. The lowest BCUT2D eigenvalue weighted by molar-refractivity contribution is -0.109. The number of benzene rings is 2. The van der Waals surface area contributed by atoms with Crippen LogP contribution < -0.4 is 16.1 Å². The molecule has 8 nitrogen and oxygen atoms in total. The van der Waals surface area contributed by atoms with E-state index in [9.17, 15) is 22.8 Å². The lowest BCUT2D eigenvalue weighted by Gasteiger charge is -2.16. The van der Waals surface area contributed by atoms with Crippen LogP contribution in [-0.2, 0) is 16.2 Å². The standard InChI is InChI=1S/C18H18F3N3O4.C2H6O/c1-10-2-3-14(13(19)6-10)23-17-12(18(27)24-28-5-4-25)7-11(8-22-9-26)15(20)16(17)21;1-2-3/h2-3,6-7,9,23,25H,4-5,8H2,1H3,(H,22,26)(H,24,27);3H,2H2,1H3. The molecule has 0 aliphatic rings. The average molecular weight is 443 g/mol. The monoisotopic (exact) mass is 443 g/mol. The molecular weight excluding hydrogens is 419 g/mol. The van der Waals surface area contributed by atoms with Crippen molar-refractivity contribution in [3.05, 3.63) is 58.4 Å². The third-order valence-electron chi connectivity index (χ3n) is 3.64. The zero-order valence-electron chi connectivity index (χ0n) is 17.0. The maximum absolute atomic E-state index is 14.7. The molecule has 2 rings (SSSR count). The Morgan fingerprint density at radius 1 is 1.16 bits per heavy atom. The van der Waals surface area contributed by atoms with Crippen LogP contribution in [-0.4, -0.2) is 42.4 Å². The fourth-order valence-corrected chi connectivity index (χ4v) is 2.33. The Morgan fingerprint density at radius 3 is 2.42 bits per heavy atom. The van der Waals surface area contributed by atoms with E-state index in [0.29, 0.717) is 5.56 Å². The molecule has 0 fully saturated rings. The normalized spacial score (nSPS) is 10.0. The van der Waals surface area contributed by atoms with Crippen LogP contribution in [0.4, 0.5) is 24.5 Å². The minimum absolute atomic E-state index is 0.173. The maximum Gasteiger partial charge on any atom is 0.277 e. The zero-order chi connectivity index (χ0) is 23.4. The van der Waals surface area contributed by atoms with Crippen LogP contribution in [0.2, 0.25) is 0 Å². The maximum atomic E-state index is 14.7. The average Bonchev–Trinajstić information content (AvgIpc) is 2.73. The Kier molecular flexibility index (Phi) is 11.0. The Hall–Kier alpha value is -3.15. The van der Waals surface area contributed by atoms with Crippen molar-refractivity contribution in [2.75, 3.05) is 25.1 Å². The van der Waals surface area contributed by atoms with Crippen LogP contribution in [0.3, 0.4) is 0 Å². The first-order valence-corrected chi connectivity index (χ1v) is 9.15. The van der Waals surface area contributed by atoms with Gasteiger partial charge in [-0.3, -0.25) is 14.4 Å². The molecule has 0 atom stereocenters. The lowest BCUT2D eigenvalue weighted by atomic mass is 10.1. The molecule has 0 heterocycles. The summed E-state index contributed by atoms with van der Waals surface area (Å²) >= 11 is 0. The molecule has 0 aliphatic carbocycles. The second-order valence-electron chi connectivity index (χ2n) is 6.01. The van der Waals surface area contributed by atoms with Crippen LogP contribution in [0.25, 0.3) is 0 Å². The molecule has 170 valence electrons. The molecule has 0 bridgehead atoms. The van der Waals surface area contributed by atoms with Crippen molar-refractivity contribution in [1.82, 2.24) is 10.8 Å². The number of rotatable bonds is 9. The van der Waals surface area contributed by atoms with Crippen molar-refractivity contribution in [3.63, 3.8) is 0 Å². The van der Waals surface area contributed by atoms with Gasteiger partial charge in [0.2, 0.25) is 6.41 Å². The number of aliphatic hydroxyl groups is 2. The van der Waals surface area contributed by atoms with Crippen molar-refractivity contribution in [2.24, 2.45) is 0 Å². The highest BCUT2D eigenvalue weighted by atomic mass is 19.2. The number of carbonyl (C=O) groups excluding carboxylic acids is 2. The summed E-state index contributed by atoms with van der Waals surface area (Å²) in [5.74, 6) is -4.43. The summed E-state index contributed by atoms with van der Waals surface area (Å²) < 4.78 is 43.1. The molecule has 0 aliphatic heterocycles. The first-order chi connectivity index (χ1) is 14.8. The highest BCUT2D eigenvalue weighted by molar-refractivity contribution is 6.00. The summed E-state index contributed by atoms with van der Waals surface area (Å²) in [7, 11) is 0. The number of aliphatic hydroxyl groups excluding tert-OH is 2. The number of anilines is 2. The Morgan fingerprint density at radius 2 is 1.84 bits per heavy atom. The predicted octanol–water partition coefficient (Wildman–Crippen LogP) is 2.05. The van der Waals surface area contributed by atoms with Gasteiger partial charge in [-0.15, -0.1) is 0 Å². The number of hydrogen-bond acceptors (Lipinski definition) is 6. The number of carbonyl (C=O) groups is 2. The quantitative estimate of drug-likeness (QED) is 0.230. The van der Waals surface area contributed by atoms with Crippen molar-refractivity contribution < 1.29 is 37.8 Å². The third-order valence-corrected chi connectivity index (χ3v) is 3.64. The first-order valence-electron chi connectivity index (χ1n) is 9.15. The van der Waals surface area contributed by atoms with Gasteiger partial charge in [-0.1, -0.05) is 6.07 Å². The lowest BCUT2D eigenvalue weighted by Crippen LogP contribution is -2.27. The molecule has 2 aromatic rings. The van der Waals surface area contributed by atoms with Crippen LogP contribution in [0.15, 0.2) is 24.3 Å². The fourth-order valence-electron chi connectivity index (χ4n) is 2.33. The highest BCUT2D eigenvalue weighted by Crippen LogP contribution is 2.30. The van der Waals surface area contributed by atoms with E-state index in [1.54, 1.807) is 19.9 Å². The summed E-state index contributed by atoms with van der Waals surface area (Å²) in [5.41, 5.74) is 1.11. The topological polar surface area (TPSA) is 120 Å². The van der Waals surface area contributed by atoms with Crippen LogP contribution in [0.1, 0.15) is 28.4 Å². The largest absolute Gasteiger partial charge is 0.397 e. The van der Waals surface area contributed by atoms with Gasteiger partial charge in [0.1, 0.15) is 5.82 Å². The summed E-state index contributed by atoms with van der Waals surface area (Å²) in [4.78, 5) is 27.5. The van der Waals surface area contributed by atoms with E-state index in [0.717, 1.165) is 6.07 Å². The Balaban J connectivity index is 0.00000151. The van der Waals surface area contributed by atoms with Gasteiger partial charge in [-0.05, 0) is 37.6 Å². The molecule has 2 aromatic carbocycles. The molecule has 5 N–H and O–H groups in total. The predicted molar refractivity (Wildman–Crippen MR) is 107 cm³/mol. The van der Waals surface area contributed by atoms with Gasteiger partial charge in [-0.25, -0.2) is 18.7 Å². The molecule has 2 amide bonds. The Labute approximate surface area is 177 Å². The number of aryl methyl sites for hydroxylation is 1. The third kappa shape index (κ3) is 7.55. The number of nitrogens with one attached hydrogen (secondary N) is 3. The van der Waals surface area contributed by atoms with Crippen molar-refractivity contribution in [1.29, 1.82) is 0 Å². The van der Waals surface area contributed by atoms with Gasteiger partial charge in [0.15, 0.2) is 11.6 Å². The summed E-state index contributed by atoms with van der Waals surface area (Å²) in [5, 5.41) is 20.8. The second kappa shape index (κ2) is 13.2. The van der Waals surface area contributed by atoms with Crippen molar-refractivity contribution in [3.8, 4) is 0 Å². The van der Waals surface area contributed by atoms with Crippen molar-refractivity contribution >= 4 is 23.7 Å². The van der Waals surface area contributed by atoms with E-state index in [2.05, 4.69) is 10.6 Å². The first kappa shape index (κ1) is 25.9. The molecule has 0 aromatic heterocycles. The highest BCUT2D eigenvalue weighted by Gasteiger charge is 2.23. The summed E-state index contributed by atoms with van der Waals surface area (Å²) in [6.45, 7) is 2.60. The fraction of sp³-hybridized carbons (Fsp3) is 0.300. The number of amides is 2. The van der Waals surface area contributed by atoms with Gasteiger partial charge in [-0.2, -0.15) is 0 Å². The molecule has 0 saturated carbocycles. The molecule has 11 heteroatoms. The van der Waals surface area contributed by atoms with Gasteiger partial charge >= 0.3 is 0 Å². The van der Waals surface area contributed by atoms with E-state index in [1.807, 2.05) is 5.48 Å². The second-order valence-corrected chi connectivity index (χ2v) is 6.01. The number of halogens is 3. The molecule has 0 radical (unpaired) electrons. The molecule has 0 saturated heterocycles. The minimum Gasteiger partial charge on any atom is -0.397 e. The zero-order valence-corrected chi connectivity index (χ0v) is 17.0. The van der Waals surface area contributed by atoms with Crippen LogP contribution in [0.5, 0.6) is 0 Å². The molecule has 0 spiro atoms. The minimum atomic E-state index is -1.43. The van der Waals surface area contributed by atoms with Gasteiger partial charge in [0, 0.05) is 18.7 Å². The molecular formula is C20H24F3N3O5. The SMILES string of the molecule is CCO.Cc1ccc(Nc2c(C(=O)NOCCO)cc(CNC=O)c(F)c2F)c(F)c1. The van der Waals surface area contributed by atoms with E-state index >= 15 is 0 Å². The van der Waals surface area contributed by atoms with Crippen molar-refractivity contribution in [2.45, 2.75) is 20.4 Å². The van der Waals surface area contributed by atoms with Gasteiger partial charge in [0.05, 0.1) is 30.2 Å². The molecule has 31 heavy (non-hydrogen) atoms. The van der Waals surface area contributed by atoms with Crippen LogP contribution in [0, 0.1) is 24.4 Å². The van der Waals surface area contributed by atoms with E-state index < -0.39 is 29.0 Å². The van der Waals surface area contributed by atoms with E-state index in [1.165, 1.54) is 12.1 Å². The van der Waals surface area contributed by atoms with Gasteiger partial charge < -0.3 is 20.8 Å². The van der Waals surface area contributed by atoms with E-state index in [-0.39, 0.29) is 49.6 Å². The summed E-state index contributed by atoms with van der Waals surface area (Å²) in [6.07, 6.45) is 0.287. The van der Waals surface area contributed by atoms with Crippen LogP contribution >= 0.6 is 0 Å². The Bertz CT molecular complexity index is 897. The molecule has 0 unspecified atom stereocenters. The number of hydrogen-bond donors (Lipinski definition) is 5. The van der Waals surface area contributed by atoms with Gasteiger partial charge in [0.25, 0.3) is 5.91 Å². The summed E-state index contributed by atoms with van der Waals surface area (Å²) in [6, 6.07) is 5.05. The van der Waals surface area contributed by atoms with E-state index in [4.69, 9.17) is 15.1 Å². The number of hydroxylamine groups is 1.